The lowest BCUT2D eigenvalue weighted by atomic mass is 10.2. The van der Waals surface area contributed by atoms with Crippen molar-refractivity contribution in [2.45, 2.75) is 13.5 Å². The van der Waals surface area contributed by atoms with Crippen LogP contribution in [-0.2, 0) is 6.54 Å². The molecule has 0 fully saturated rings. The van der Waals surface area contributed by atoms with Gasteiger partial charge < -0.3 is 0 Å². The number of hydrogen-bond acceptors (Lipinski definition) is 2. The summed E-state index contributed by atoms with van der Waals surface area (Å²) in [5.41, 5.74) is 1.33. The molecule has 1 aromatic rings. The predicted molar refractivity (Wildman–Crippen MR) is 54.5 cm³/mol. The summed E-state index contributed by atoms with van der Waals surface area (Å²) in [6.07, 6.45) is 2.02. The summed E-state index contributed by atoms with van der Waals surface area (Å²) in [6, 6.07) is 10.5. The van der Waals surface area contributed by atoms with Gasteiger partial charge in [-0.1, -0.05) is 37.3 Å². The topological polar surface area (TPSA) is 15.6 Å². The monoisotopic (exact) mass is 174 g/mol. The molecule has 1 heterocycles. The van der Waals surface area contributed by atoms with Crippen LogP contribution >= 0.6 is 0 Å². The molecular formula is C11H14N2. The number of rotatable bonds is 2. The van der Waals surface area contributed by atoms with Crippen molar-refractivity contribution >= 4 is 6.21 Å². The first-order chi connectivity index (χ1) is 6.34. The molecule has 2 nitrogen and oxygen atoms in total. The van der Waals surface area contributed by atoms with Gasteiger partial charge in [-0.3, -0.25) is 5.01 Å². The van der Waals surface area contributed by atoms with E-state index in [0.29, 0.717) is 5.92 Å². The highest BCUT2D eigenvalue weighted by molar-refractivity contribution is 5.61. The fourth-order valence-corrected chi connectivity index (χ4v) is 1.53. The second-order valence-electron chi connectivity index (χ2n) is 3.57. The quantitative estimate of drug-likeness (QED) is 0.670. The number of nitrogens with zero attached hydrogens (tertiary/aromatic N) is 2. The molecule has 1 aliphatic heterocycles. The molecule has 1 aliphatic rings. The van der Waals surface area contributed by atoms with E-state index in [1.165, 1.54) is 5.56 Å². The maximum atomic E-state index is 4.32. The van der Waals surface area contributed by atoms with Gasteiger partial charge in [0.05, 0.1) is 6.54 Å². The van der Waals surface area contributed by atoms with Crippen molar-refractivity contribution in [3.05, 3.63) is 35.9 Å². The molecule has 0 aliphatic carbocycles. The summed E-state index contributed by atoms with van der Waals surface area (Å²) in [6.45, 7) is 4.17. The third kappa shape index (κ3) is 2.08. The molecular weight excluding hydrogens is 160 g/mol. The van der Waals surface area contributed by atoms with Gasteiger partial charge in [0.1, 0.15) is 0 Å². The molecule has 2 rings (SSSR count). The lowest BCUT2D eigenvalue weighted by Gasteiger charge is -2.14. The van der Waals surface area contributed by atoms with Crippen LogP contribution in [0.15, 0.2) is 35.4 Å². The van der Waals surface area contributed by atoms with E-state index in [0.717, 1.165) is 13.1 Å². The van der Waals surface area contributed by atoms with Crippen molar-refractivity contribution in [1.29, 1.82) is 0 Å². The van der Waals surface area contributed by atoms with Gasteiger partial charge in [0, 0.05) is 18.7 Å². The Morgan fingerprint density at radius 3 is 2.77 bits per heavy atom. The summed E-state index contributed by atoms with van der Waals surface area (Å²) >= 11 is 0. The highest BCUT2D eigenvalue weighted by Gasteiger charge is 2.12. The van der Waals surface area contributed by atoms with Crippen molar-refractivity contribution in [3.8, 4) is 0 Å². The second kappa shape index (κ2) is 3.60. The van der Waals surface area contributed by atoms with Crippen LogP contribution in [0.1, 0.15) is 12.5 Å². The smallest absolute Gasteiger partial charge is 0.0610 e. The molecule has 1 aromatic carbocycles. The van der Waals surface area contributed by atoms with Crippen LogP contribution < -0.4 is 0 Å². The molecule has 13 heavy (non-hydrogen) atoms. The highest BCUT2D eigenvalue weighted by Crippen LogP contribution is 2.11. The Morgan fingerprint density at radius 2 is 2.15 bits per heavy atom. The average molecular weight is 174 g/mol. The molecule has 0 radical (unpaired) electrons. The molecule has 0 spiro atoms. The standard InChI is InChI=1S/C11H14N2/c1-10-7-12-13(8-10)9-11-5-3-2-4-6-11/h2-7,10H,8-9H2,1H3. The molecule has 0 aromatic heterocycles. The molecule has 68 valence electrons. The Hall–Kier alpha value is -1.31. The third-order valence-corrected chi connectivity index (χ3v) is 2.19. The first kappa shape index (κ1) is 8.30. The van der Waals surface area contributed by atoms with Gasteiger partial charge in [-0.05, 0) is 5.56 Å². The summed E-state index contributed by atoms with van der Waals surface area (Å²) in [7, 11) is 0. The van der Waals surface area contributed by atoms with Crippen molar-refractivity contribution in [1.82, 2.24) is 5.01 Å². The van der Waals surface area contributed by atoms with Crippen molar-refractivity contribution in [2.75, 3.05) is 6.54 Å². The van der Waals surface area contributed by atoms with Crippen LogP contribution in [-0.4, -0.2) is 17.8 Å². The van der Waals surface area contributed by atoms with E-state index in [1.54, 1.807) is 0 Å². The molecule has 0 saturated carbocycles. The normalized spacial score (nSPS) is 21.0. The van der Waals surface area contributed by atoms with E-state index in [2.05, 4.69) is 41.3 Å². The van der Waals surface area contributed by atoms with E-state index in [-0.39, 0.29) is 0 Å². The van der Waals surface area contributed by atoms with Crippen molar-refractivity contribution in [2.24, 2.45) is 11.0 Å². The first-order valence-corrected chi connectivity index (χ1v) is 4.67. The lowest BCUT2D eigenvalue weighted by molar-refractivity contribution is 0.292. The number of benzene rings is 1. The predicted octanol–water partition coefficient (Wildman–Crippen LogP) is 2.12. The minimum atomic E-state index is 0.601. The fraction of sp³-hybridized carbons (Fsp3) is 0.364. The maximum Gasteiger partial charge on any atom is 0.0610 e. The third-order valence-electron chi connectivity index (χ3n) is 2.19. The van der Waals surface area contributed by atoms with E-state index >= 15 is 0 Å². The van der Waals surface area contributed by atoms with Crippen LogP contribution in [0, 0.1) is 5.92 Å². The Morgan fingerprint density at radius 1 is 1.38 bits per heavy atom. The zero-order valence-corrected chi connectivity index (χ0v) is 7.85. The van der Waals surface area contributed by atoms with E-state index in [9.17, 15) is 0 Å². The van der Waals surface area contributed by atoms with E-state index < -0.39 is 0 Å². The fourth-order valence-electron chi connectivity index (χ4n) is 1.53. The van der Waals surface area contributed by atoms with Crippen molar-refractivity contribution < 1.29 is 0 Å². The van der Waals surface area contributed by atoms with Gasteiger partial charge in [-0.25, -0.2) is 0 Å². The number of hydrogen-bond donors (Lipinski definition) is 0. The van der Waals surface area contributed by atoms with E-state index in [4.69, 9.17) is 0 Å². The largest absolute Gasteiger partial charge is 0.292 e. The highest BCUT2D eigenvalue weighted by atomic mass is 15.5. The van der Waals surface area contributed by atoms with Crippen LogP contribution in [0.4, 0.5) is 0 Å². The van der Waals surface area contributed by atoms with Crippen molar-refractivity contribution in [3.63, 3.8) is 0 Å². The average Bonchev–Trinajstić information content (AvgIpc) is 2.53. The van der Waals surface area contributed by atoms with Gasteiger partial charge in [-0.2, -0.15) is 5.10 Å². The molecule has 2 heteroatoms. The first-order valence-electron chi connectivity index (χ1n) is 4.67. The van der Waals surface area contributed by atoms with Crippen LogP contribution in [0.25, 0.3) is 0 Å². The molecule has 1 unspecified atom stereocenters. The van der Waals surface area contributed by atoms with Gasteiger partial charge in [0.15, 0.2) is 0 Å². The molecule has 1 atom stereocenters. The van der Waals surface area contributed by atoms with Gasteiger partial charge >= 0.3 is 0 Å². The Balaban J connectivity index is 1.96. The Labute approximate surface area is 78.9 Å². The summed E-state index contributed by atoms with van der Waals surface area (Å²) < 4.78 is 0. The summed E-state index contributed by atoms with van der Waals surface area (Å²) in [5, 5.41) is 6.43. The number of hydrazone groups is 1. The maximum absolute atomic E-state index is 4.32. The van der Waals surface area contributed by atoms with Gasteiger partial charge in [0.25, 0.3) is 0 Å². The van der Waals surface area contributed by atoms with E-state index in [1.807, 2.05) is 12.3 Å². The Bertz CT molecular complexity index is 292. The van der Waals surface area contributed by atoms with Gasteiger partial charge in [0.2, 0.25) is 0 Å². The molecule has 0 bridgehead atoms. The minimum absolute atomic E-state index is 0.601. The summed E-state index contributed by atoms with van der Waals surface area (Å²) in [5.74, 6) is 0.601. The minimum Gasteiger partial charge on any atom is -0.292 e. The lowest BCUT2D eigenvalue weighted by Crippen LogP contribution is -2.16. The van der Waals surface area contributed by atoms with Crippen LogP contribution in [0.5, 0.6) is 0 Å². The SMILES string of the molecule is CC1C=NN(Cc2ccccc2)C1. The summed E-state index contributed by atoms with van der Waals surface area (Å²) in [4.78, 5) is 0. The van der Waals surface area contributed by atoms with Gasteiger partial charge in [-0.15, -0.1) is 0 Å². The molecule has 0 amide bonds. The second-order valence-corrected chi connectivity index (χ2v) is 3.57. The van der Waals surface area contributed by atoms with Crippen LogP contribution in [0.2, 0.25) is 0 Å². The zero-order valence-electron chi connectivity index (χ0n) is 7.85. The molecule has 0 N–H and O–H groups in total. The Kier molecular flexibility index (Phi) is 2.30. The van der Waals surface area contributed by atoms with Crippen LogP contribution in [0.3, 0.4) is 0 Å². The molecule has 0 saturated heterocycles. The zero-order chi connectivity index (χ0) is 9.10.